The van der Waals surface area contributed by atoms with Crippen LogP contribution in [0.2, 0.25) is 0 Å². The van der Waals surface area contributed by atoms with Crippen LogP contribution in [0, 0.1) is 12.8 Å². The number of likely N-dealkylation sites (tertiary alicyclic amines) is 1. The Morgan fingerprint density at radius 3 is 2.75 bits per heavy atom. The average Bonchev–Trinajstić information content (AvgIpc) is 2.91. The Hall–Kier alpha value is -1.76. The first-order chi connectivity index (χ1) is 11.3. The summed E-state index contributed by atoms with van der Waals surface area (Å²) in [6, 6.07) is 0.744. The lowest BCUT2D eigenvalue weighted by Crippen LogP contribution is -2.35. The molecule has 1 N–H and O–H groups in total. The number of hydrogen-bond donors (Lipinski definition) is 1. The molecule has 7 heteroatoms. The van der Waals surface area contributed by atoms with Crippen LogP contribution in [0.25, 0.3) is 0 Å². The molecule has 134 valence electrons. The van der Waals surface area contributed by atoms with Gasteiger partial charge in [0.05, 0.1) is 5.69 Å². The van der Waals surface area contributed by atoms with E-state index < -0.39 is 18.2 Å². The van der Waals surface area contributed by atoms with Gasteiger partial charge in [0.1, 0.15) is 6.17 Å². The maximum absolute atomic E-state index is 13.2. The zero-order chi connectivity index (χ0) is 17.9. The highest BCUT2D eigenvalue weighted by molar-refractivity contribution is 5.71. The number of aryl methyl sites for hydroxylation is 1. The van der Waals surface area contributed by atoms with Crippen LogP contribution in [0.4, 0.5) is 4.39 Å². The minimum Gasteiger partial charge on any atom is -0.480 e. The molecule has 6 nitrogen and oxygen atoms in total. The molecule has 0 unspecified atom stereocenters. The van der Waals surface area contributed by atoms with Crippen LogP contribution in [0.15, 0.2) is 10.9 Å². The number of aromatic nitrogens is 2. The number of aliphatic carboxylic acids is 1. The molecule has 1 aromatic heterocycles. The van der Waals surface area contributed by atoms with Crippen molar-refractivity contribution in [3.8, 4) is 0 Å². The first kappa shape index (κ1) is 18.6. The molecule has 0 aliphatic carbocycles. The van der Waals surface area contributed by atoms with Gasteiger partial charge in [-0.05, 0) is 31.7 Å². The lowest BCUT2D eigenvalue weighted by atomic mass is 10.0. The normalized spacial score (nSPS) is 19.8. The molecule has 1 aliphatic rings. The molecule has 1 aliphatic heterocycles. The lowest BCUT2D eigenvalue weighted by Gasteiger charge is -2.19. The SMILES string of the molecule is Cc1cc(CCN2CC[C@H](F)C2)nn([C@@H](CC(C)C)C(=O)O)c1=O. The van der Waals surface area contributed by atoms with Gasteiger partial charge in [0.15, 0.2) is 6.04 Å². The summed E-state index contributed by atoms with van der Waals surface area (Å²) >= 11 is 0. The summed E-state index contributed by atoms with van der Waals surface area (Å²) in [6.07, 6.45) is 0.709. The van der Waals surface area contributed by atoms with Crippen molar-refractivity contribution in [2.75, 3.05) is 19.6 Å². The highest BCUT2D eigenvalue weighted by atomic mass is 19.1. The molecular formula is C17H26FN3O3. The third-order valence-electron chi connectivity index (χ3n) is 4.34. The first-order valence-corrected chi connectivity index (χ1v) is 8.46. The van der Waals surface area contributed by atoms with Crippen molar-refractivity contribution in [2.24, 2.45) is 5.92 Å². The van der Waals surface area contributed by atoms with E-state index in [0.717, 1.165) is 11.2 Å². The smallest absolute Gasteiger partial charge is 0.328 e. The molecule has 24 heavy (non-hydrogen) atoms. The highest BCUT2D eigenvalue weighted by Crippen LogP contribution is 2.17. The Balaban J connectivity index is 2.20. The molecule has 2 heterocycles. The van der Waals surface area contributed by atoms with Crippen molar-refractivity contribution in [3.05, 3.63) is 27.7 Å². The molecule has 0 saturated carbocycles. The minimum absolute atomic E-state index is 0.134. The predicted molar refractivity (Wildman–Crippen MR) is 89.0 cm³/mol. The number of carboxylic acids is 1. The third-order valence-corrected chi connectivity index (χ3v) is 4.34. The molecule has 2 rings (SSSR count). The van der Waals surface area contributed by atoms with Crippen LogP contribution >= 0.6 is 0 Å². The Morgan fingerprint density at radius 2 is 2.21 bits per heavy atom. The van der Waals surface area contributed by atoms with Gasteiger partial charge in [0.2, 0.25) is 0 Å². The fourth-order valence-corrected chi connectivity index (χ4v) is 3.05. The van der Waals surface area contributed by atoms with Crippen LogP contribution in [-0.4, -0.2) is 51.6 Å². The maximum Gasteiger partial charge on any atom is 0.328 e. The van der Waals surface area contributed by atoms with Gasteiger partial charge < -0.3 is 5.11 Å². The van der Waals surface area contributed by atoms with E-state index in [1.165, 1.54) is 0 Å². The molecule has 2 atom stereocenters. The van der Waals surface area contributed by atoms with E-state index in [0.29, 0.717) is 43.6 Å². The van der Waals surface area contributed by atoms with E-state index in [9.17, 15) is 19.1 Å². The molecule has 0 radical (unpaired) electrons. The number of nitrogens with zero attached hydrogens (tertiary/aromatic N) is 3. The Labute approximate surface area is 141 Å². The molecule has 0 amide bonds. The van der Waals surface area contributed by atoms with Gasteiger partial charge in [-0.2, -0.15) is 5.10 Å². The van der Waals surface area contributed by atoms with Crippen LogP contribution in [0.3, 0.4) is 0 Å². The number of carboxylic acid groups (broad SMARTS) is 1. The second-order valence-corrected chi connectivity index (χ2v) is 6.99. The minimum atomic E-state index is -1.05. The van der Waals surface area contributed by atoms with Crippen LogP contribution in [0.1, 0.15) is 44.0 Å². The molecule has 0 bridgehead atoms. The number of carbonyl (C=O) groups is 1. The van der Waals surface area contributed by atoms with Crippen LogP contribution in [-0.2, 0) is 11.2 Å². The molecule has 1 aromatic rings. The number of rotatable bonds is 7. The molecule has 0 spiro atoms. The van der Waals surface area contributed by atoms with E-state index >= 15 is 0 Å². The first-order valence-electron chi connectivity index (χ1n) is 8.46. The van der Waals surface area contributed by atoms with E-state index in [4.69, 9.17) is 0 Å². The van der Waals surface area contributed by atoms with Gasteiger partial charge in [-0.1, -0.05) is 13.8 Å². The van der Waals surface area contributed by atoms with E-state index in [1.54, 1.807) is 13.0 Å². The van der Waals surface area contributed by atoms with Crippen LogP contribution < -0.4 is 5.56 Å². The van der Waals surface area contributed by atoms with Crippen molar-refractivity contribution in [1.29, 1.82) is 0 Å². The van der Waals surface area contributed by atoms with E-state index in [1.807, 2.05) is 18.7 Å². The van der Waals surface area contributed by atoms with Gasteiger partial charge in [-0.3, -0.25) is 9.69 Å². The van der Waals surface area contributed by atoms with Gasteiger partial charge in [0.25, 0.3) is 5.56 Å². The molecule has 0 aromatic carbocycles. The predicted octanol–water partition coefficient (Wildman–Crippen LogP) is 1.81. The number of halogens is 1. The molecular weight excluding hydrogens is 313 g/mol. The van der Waals surface area contributed by atoms with Gasteiger partial charge in [0, 0.05) is 31.6 Å². The standard InChI is InChI=1S/C17H26FN3O3/c1-11(2)8-15(17(23)24)21-16(22)12(3)9-14(19-21)5-7-20-6-4-13(18)10-20/h9,11,13,15H,4-8,10H2,1-3H3,(H,23,24)/t13-,15-/m0/s1. The van der Waals surface area contributed by atoms with Crippen LogP contribution in [0.5, 0.6) is 0 Å². The second-order valence-electron chi connectivity index (χ2n) is 6.99. The largest absolute Gasteiger partial charge is 0.480 e. The number of hydrogen-bond acceptors (Lipinski definition) is 4. The summed E-state index contributed by atoms with van der Waals surface area (Å²) in [5.41, 5.74) is 0.793. The maximum atomic E-state index is 13.2. The zero-order valence-corrected chi connectivity index (χ0v) is 14.5. The van der Waals surface area contributed by atoms with E-state index in [2.05, 4.69) is 5.10 Å². The molecule has 1 saturated heterocycles. The summed E-state index contributed by atoms with van der Waals surface area (Å²) in [7, 11) is 0. The number of alkyl halides is 1. The Morgan fingerprint density at radius 1 is 1.50 bits per heavy atom. The van der Waals surface area contributed by atoms with Gasteiger partial charge >= 0.3 is 5.97 Å². The third kappa shape index (κ3) is 4.63. The highest BCUT2D eigenvalue weighted by Gasteiger charge is 2.25. The van der Waals surface area contributed by atoms with Crippen molar-refractivity contribution < 1.29 is 14.3 Å². The quantitative estimate of drug-likeness (QED) is 0.820. The lowest BCUT2D eigenvalue weighted by molar-refractivity contribution is -0.141. The zero-order valence-electron chi connectivity index (χ0n) is 14.5. The summed E-state index contributed by atoms with van der Waals surface area (Å²) in [6.45, 7) is 7.32. The summed E-state index contributed by atoms with van der Waals surface area (Å²) < 4.78 is 14.3. The van der Waals surface area contributed by atoms with Gasteiger partial charge in [-0.15, -0.1) is 0 Å². The van der Waals surface area contributed by atoms with Gasteiger partial charge in [-0.25, -0.2) is 13.9 Å². The van der Waals surface area contributed by atoms with Crippen molar-refractivity contribution in [3.63, 3.8) is 0 Å². The second kappa shape index (κ2) is 7.88. The van der Waals surface area contributed by atoms with Crippen molar-refractivity contribution in [2.45, 2.75) is 52.2 Å². The fraction of sp³-hybridized carbons (Fsp3) is 0.706. The average molecular weight is 339 g/mol. The topological polar surface area (TPSA) is 75.4 Å². The van der Waals surface area contributed by atoms with Crippen molar-refractivity contribution >= 4 is 5.97 Å². The Bertz CT molecular complexity index is 644. The Kier molecular flexibility index (Phi) is 6.10. The monoisotopic (exact) mass is 339 g/mol. The molecule has 1 fully saturated rings. The fourth-order valence-electron chi connectivity index (χ4n) is 3.05. The summed E-state index contributed by atoms with van der Waals surface area (Å²) in [4.78, 5) is 25.9. The van der Waals surface area contributed by atoms with Crippen molar-refractivity contribution in [1.82, 2.24) is 14.7 Å². The summed E-state index contributed by atoms with van der Waals surface area (Å²) in [5, 5.41) is 13.8. The summed E-state index contributed by atoms with van der Waals surface area (Å²) in [5.74, 6) is -0.912. The van der Waals surface area contributed by atoms with E-state index in [-0.39, 0.29) is 11.5 Å².